The molecule has 1 atom stereocenters. The highest BCUT2D eigenvalue weighted by Crippen LogP contribution is 2.27. The maximum atomic E-state index is 13.1. The highest BCUT2D eigenvalue weighted by molar-refractivity contribution is 14.1. The van der Waals surface area contributed by atoms with E-state index in [1.807, 2.05) is 61.5 Å². The molecule has 0 fully saturated rings. The molecule has 0 aliphatic heterocycles. The standard InChI is InChI=1S/C21H20INO3S/c1-15-8-10-17(11-9-15)21(16-6-4-3-5-7-16)23-27(24,25)18-12-13-20(26-2)19(22)14-18/h3-14,21,23H,1-2H3/t21-/m0/s1. The van der Waals surface area contributed by atoms with Gasteiger partial charge >= 0.3 is 0 Å². The van der Waals surface area contributed by atoms with Gasteiger partial charge in [-0.3, -0.25) is 0 Å². The Morgan fingerprint density at radius 3 is 2.15 bits per heavy atom. The largest absolute Gasteiger partial charge is 0.496 e. The zero-order valence-corrected chi connectivity index (χ0v) is 18.0. The van der Waals surface area contributed by atoms with Crippen LogP contribution in [0.2, 0.25) is 0 Å². The molecule has 1 N–H and O–H groups in total. The quantitative estimate of drug-likeness (QED) is 0.508. The molecule has 27 heavy (non-hydrogen) atoms. The van der Waals surface area contributed by atoms with Gasteiger partial charge < -0.3 is 4.74 Å². The van der Waals surface area contributed by atoms with Crippen molar-refractivity contribution in [2.24, 2.45) is 0 Å². The Hall–Kier alpha value is -1.90. The van der Waals surface area contributed by atoms with Gasteiger partial charge in [0.05, 0.1) is 21.6 Å². The number of halogens is 1. The maximum absolute atomic E-state index is 13.1. The lowest BCUT2D eigenvalue weighted by Crippen LogP contribution is -2.29. The topological polar surface area (TPSA) is 55.4 Å². The van der Waals surface area contributed by atoms with Crippen LogP contribution >= 0.6 is 22.6 Å². The van der Waals surface area contributed by atoms with Crippen LogP contribution in [0.3, 0.4) is 0 Å². The van der Waals surface area contributed by atoms with E-state index in [0.717, 1.165) is 20.3 Å². The van der Waals surface area contributed by atoms with Crippen LogP contribution in [0.5, 0.6) is 5.75 Å². The predicted octanol–water partition coefficient (Wildman–Crippen LogP) is 4.68. The lowest BCUT2D eigenvalue weighted by molar-refractivity contribution is 0.411. The van der Waals surface area contributed by atoms with E-state index in [2.05, 4.69) is 27.3 Å². The molecule has 3 aromatic rings. The number of ether oxygens (including phenoxy) is 1. The molecule has 0 heterocycles. The zero-order valence-electron chi connectivity index (χ0n) is 15.0. The van der Waals surface area contributed by atoms with Gasteiger partial charge in [0.1, 0.15) is 5.75 Å². The maximum Gasteiger partial charge on any atom is 0.241 e. The molecule has 0 saturated carbocycles. The van der Waals surface area contributed by atoms with Crippen LogP contribution in [-0.4, -0.2) is 15.5 Å². The summed E-state index contributed by atoms with van der Waals surface area (Å²) in [6.45, 7) is 2.00. The number of hydrogen-bond donors (Lipinski definition) is 1. The van der Waals surface area contributed by atoms with Crippen molar-refractivity contribution >= 4 is 32.6 Å². The minimum atomic E-state index is -3.72. The van der Waals surface area contributed by atoms with Crippen molar-refractivity contribution in [3.8, 4) is 5.75 Å². The first kappa shape index (κ1) is 19.9. The second kappa shape index (κ2) is 8.41. The summed E-state index contributed by atoms with van der Waals surface area (Å²) in [6.07, 6.45) is 0. The summed E-state index contributed by atoms with van der Waals surface area (Å²) in [6, 6.07) is 21.8. The van der Waals surface area contributed by atoms with Gasteiger partial charge in [0.2, 0.25) is 10.0 Å². The van der Waals surface area contributed by atoms with Gasteiger partial charge in [0.25, 0.3) is 0 Å². The minimum absolute atomic E-state index is 0.209. The highest BCUT2D eigenvalue weighted by Gasteiger charge is 2.23. The van der Waals surface area contributed by atoms with E-state index >= 15 is 0 Å². The van der Waals surface area contributed by atoms with Gasteiger partial charge in [0, 0.05) is 0 Å². The van der Waals surface area contributed by atoms with Crippen molar-refractivity contribution in [1.82, 2.24) is 4.72 Å². The molecule has 3 rings (SSSR count). The average molecular weight is 493 g/mol. The van der Waals surface area contributed by atoms with Crippen molar-refractivity contribution < 1.29 is 13.2 Å². The van der Waals surface area contributed by atoms with Crippen LogP contribution in [0, 0.1) is 10.5 Å². The summed E-state index contributed by atoms with van der Waals surface area (Å²) in [5.74, 6) is 0.646. The van der Waals surface area contributed by atoms with Crippen LogP contribution in [0.25, 0.3) is 0 Å². The van der Waals surface area contributed by atoms with Gasteiger partial charge in [-0.2, -0.15) is 4.72 Å². The lowest BCUT2D eigenvalue weighted by Gasteiger charge is -2.20. The molecule has 0 saturated heterocycles. The molecule has 4 nitrogen and oxygen atoms in total. The zero-order chi connectivity index (χ0) is 19.4. The van der Waals surface area contributed by atoms with Gasteiger partial charge in [-0.1, -0.05) is 60.2 Å². The second-order valence-electron chi connectivity index (χ2n) is 6.17. The van der Waals surface area contributed by atoms with Gasteiger partial charge in [-0.25, -0.2) is 8.42 Å². The molecule has 0 spiro atoms. The van der Waals surface area contributed by atoms with Crippen LogP contribution in [0.1, 0.15) is 22.7 Å². The van der Waals surface area contributed by atoms with E-state index in [9.17, 15) is 8.42 Å². The monoisotopic (exact) mass is 493 g/mol. The minimum Gasteiger partial charge on any atom is -0.496 e. The van der Waals surface area contributed by atoms with Crippen molar-refractivity contribution in [2.75, 3.05) is 7.11 Å². The van der Waals surface area contributed by atoms with Crippen molar-refractivity contribution in [3.63, 3.8) is 0 Å². The second-order valence-corrected chi connectivity index (χ2v) is 9.05. The van der Waals surface area contributed by atoms with E-state index in [0.29, 0.717) is 5.75 Å². The average Bonchev–Trinajstić information content (AvgIpc) is 2.67. The Labute approximate surface area is 173 Å². The summed E-state index contributed by atoms with van der Waals surface area (Å²) >= 11 is 2.07. The predicted molar refractivity (Wildman–Crippen MR) is 115 cm³/mol. The van der Waals surface area contributed by atoms with Gasteiger partial charge in [-0.15, -0.1) is 0 Å². The summed E-state index contributed by atoms with van der Waals surface area (Å²) in [7, 11) is -2.16. The molecule has 0 aliphatic carbocycles. The Morgan fingerprint density at radius 2 is 1.56 bits per heavy atom. The van der Waals surface area contributed by atoms with E-state index < -0.39 is 16.1 Å². The molecular weight excluding hydrogens is 473 g/mol. The number of sulfonamides is 1. The van der Waals surface area contributed by atoms with Crippen molar-refractivity contribution in [3.05, 3.63) is 93.1 Å². The number of nitrogens with one attached hydrogen (secondary N) is 1. The van der Waals surface area contributed by atoms with Crippen LogP contribution in [0.4, 0.5) is 0 Å². The summed E-state index contributed by atoms with van der Waals surface area (Å²) in [5.41, 5.74) is 2.89. The fraction of sp³-hybridized carbons (Fsp3) is 0.143. The van der Waals surface area contributed by atoms with Gasteiger partial charge in [-0.05, 0) is 58.8 Å². The molecule has 0 radical (unpaired) electrons. The van der Waals surface area contributed by atoms with Crippen molar-refractivity contribution in [2.45, 2.75) is 17.9 Å². The molecule has 0 unspecified atom stereocenters. The Balaban J connectivity index is 2.00. The highest BCUT2D eigenvalue weighted by atomic mass is 127. The first-order chi connectivity index (χ1) is 12.9. The van der Waals surface area contributed by atoms with Crippen LogP contribution in [-0.2, 0) is 10.0 Å². The third-order valence-electron chi connectivity index (χ3n) is 4.25. The Bertz CT molecular complexity index is 1020. The number of methoxy groups -OCH3 is 1. The molecular formula is C21H20INO3S. The van der Waals surface area contributed by atoms with E-state index in [1.165, 1.54) is 0 Å². The third kappa shape index (κ3) is 4.69. The lowest BCUT2D eigenvalue weighted by atomic mass is 9.99. The summed E-state index contributed by atoms with van der Waals surface area (Å²) in [5, 5.41) is 0. The number of aryl methyl sites for hydroxylation is 1. The molecule has 0 bridgehead atoms. The first-order valence-corrected chi connectivity index (χ1v) is 10.9. The third-order valence-corrected chi connectivity index (χ3v) is 6.51. The Kier molecular flexibility index (Phi) is 6.18. The fourth-order valence-electron chi connectivity index (χ4n) is 2.77. The fourth-order valence-corrected chi connectivity index (χ4v) is 4.96. The number of rotatable bonds is 6. The van der Waals surface area contributed by atoms with E-state index in [4.69, 9.17) is 4.74 Å². The van der Waals surface area contributed by atoms with Crippen LogP contribution < -0.4 is 9.46 Å². The molecule has 0 aromatic heterocycles. The molecule has 6 heteroatoms. The first-order valence-electron chi connectivity index (χ1n) is 8.38. The van der Waals surface area contributed by atoms with Gasteiger partial charge in [0.15, 0.2) is 0 Å². The molecule has 3 aromatic carbocycles. The Morgan fingerprint density at radius 1 is 0.926 bits per heavy atom. The molecule has 0 aliphatic rings. The van der Waals surface area contributed by atoms with E-state index in [-0.39, 0.29) is 4.90 Å². The van der Waals surface area contributed by atoms with E-state index in [1.54, 1.807) is 25.3 Å². The number of benzene rings is 3. The molecule has 140 valence electrons. The molecule has 0 amide bonds. The summed E-state index contributed by atoms with van der Waals surface area (Å²) in [4.78, 5) is 0.209. The number of hydrogen-bond acceptors (Lipinski definition) is 3. The van der Waals surface area contributed by atoms with Crippen LogP contribution in [0.15, 0.2) is 77.7 Å². The normalized spacial score (nSPS) is 12.6. The van der Waals surface area contributed by atoms with Crippen molar-refractivity contribution in [1.29, 1.82) is 0 Å². The summed E-state index contributed by atoms with van der Waals surface area (Å²) < 4.78 is 34.9. The SMILES string of the molecule is COc1ccc(S(=O)(=O)N[C@@H](c2ccccc2)c2ccc(C)cc2)cc1I. The smallest absolute Gasteiger partial charge is 0.241 e.